The Labute approximate surface area is 136 Å². The summed E-state index contributed by atoms with van der Waals surface area (Å²) < 4.78 is 11.0. The minimum absolute atomic E-state index is 0.167. The first kappa shape index (κ1) is 15.7. The van der Waals surface area contributed by atoms with E-state index >= 15 is 0 Å². The van der Waals surface area contributed by atoms with Crippen molar-refractivity contribution in [1.82, 2.24) is 5.32 Å². The third-order valence-corrected chi connectivity index (χ3v) is 4.53. The number of benzene rings is 1. The molecular formula is C18H22N2O3. The third-order valence-electron chi connectivity index (χ3n) is 4.53. The van der Waals surface area contributed by atoms with Gasteiger partial charge in [0, 0.05) is 24.3 Å². The SMILES string of the molecule is C#CCOc1ccc(NC(=O)N[C@@H]2CCC[C@H]3OCC[C@@H]23)cc1. The number of hydrogen-bond acceptors (Lipinski definition) is 3. The molecule has 1 aliphatic carbocycles. The van der Waals surface area contributed by atoms with Gasteiger partial charge >= 0.3 is 6.03 Å². The molecule has 3 atom stereocenters. The summed E-state index contributed by atoms with van der Waals surface area (Å²) in [7, 11) is 0. The molecule has 0 unspecified atom stereocenters. The molecule has 2 fully saturated rings. The average molecular weight is 314 g/mol. The topological polar surface area (TPSA) is 59.6 Å². The van der Waals surface area contributed by atoms with E-state index in [4.69, 9.17) is 15.9 Å². The number of urea groups is 1. The maximum absolute atomic E-state index is 12.2. The zero-order valence-corrected chi connectivity index (χ0v) is 13.1. The molecule has 1 saturated heterocycles. The molecule has 0 radical (unpaired) electrons. The lowest BCUT2D eigenvalue weighted by Gasteiger charge is -2.33. The number of ether oxygens (including phenoxy) is 2. The van der Waals surface area contributed by atoms with Crippen LogP contribution in [0.2, 0.25) is 0 Å². The molecule has 0 bridgehead atoms. The van der Waals surface area contributed by atoms with Crippen molar-refractivity contribution in [2.75, 3.05) is 18.5 Å². The molecular weight excluding hydrogens is 292 g/mol. The summed E-state index contributed by atoms with van der Waals surface area (Å²) in [5.41, 5.74) is 0.727. The first-order valence-electron chi connectivity index (χ1n) is 8.11. The summed E-state index contributed by atoms with van der Waals surface area (Å²) in [6, 6.07) is 7.21. The monoisotopic (exact) mass is 314 g/mol. The highest BCUT2D eigenvalue weighted by molar-refractivity contribution is 5.89. The quantitative estimate of drug-likeness (QED) is 0.840. The molecule has 0 aromatic heterocycles. The predicted molar refractivity (Wildman–Crippen MR) is 88.4 cm³/mol. The first-order chi connectivity index (χ1) is 11.3. The Kier molecular flexibility index (Phi) is 5.04. The largest absolute Gasteiger partial charge is 0.481 e. The highest BCUT2D eigenvalue weighted by atomic mass is 16.5. The van der Waals surface area contributed by atoms with Gasteiger partial charge in [0.05, 0.1) is 6.10 Å². The normalized spacial score (nSPS) is 26.0. The van der Waals surface area contributed by atoms with Crippen molar-refractivity contribution in [2.45, 2.75) is 37.8 Å². The van der Waals surface area contributed by atoms with Crippen LogP contribution in [0.25, 0.3) is 0 Å². The number of anilines is 1. The Balaban J connectivity index is 1.51. The summed E-state index contributed by atoms with van der Waals surface area (Å²) in [4.78, 5) is 12.2. The predicted octanol–water partition coefficient (Wildman–Crippen LogP) is 2.78. The van der Waals surface area contributed by atoms with E-state index in [0.29, 0.717) is 17.8 Å². The second-order valence-electron chi connectivity index (χ2n) is 6.01. The van der Waals surface area contributed by atoms with Gasteiger partial charge in [-0.1, -0.05) is 5.92 Å². The summed E-state index contributed by atoms with van der Waals surface area (Å²) >= 11 is 0. The van der Waals surface area contributed by atoms with Crippen LogP contribution in [-0.2, 0) is 4.74 Å². The molecule has 3 rings (SSSR count). The molecule has 1 heterocycles. The first-order valence-corrected chi connectivity index (χ1v) is 8.11. The fraction of sp³-hybridized carbons (Fsp3) is 0.500. The van der Waals surface area contributed by atoms with Crippen LogP contribution in [0.15, 0.2) is 24.3 Å². The molecule has 2 amide bonds. The molecule has 1 saturated carbocycles. The maximum atomic E-state index is 12.2. The number of hydrogen-bond donors (Lipinski definition) is 2. The lowest BCUT2D eigenvalue weighted by atomic mass is 9.82. The van der Waals surface area contributed by atoms with Gasteiger partial charge in [0.15, 0.2) is 0 Å². The highest BCUT2D eigenvalue weighted by Crippen LogP contribution is 2.34. The van der Waals surface area contributed by atoms with Crippen LogP contribution < -0.4 is 15.4 Å². The van der Waals surface area contributed by atoms with E-state index in [0.717, 1.165) is 38.0 Å². The Morgan fingerprint density at radius 3 is 2.91 bits per heavy atom. The Morgan fingerprint density at radius 1 is 1.30 bits per heavy atom. The number of nitrogens with one attached hydrogen (secondary N) is 2. The number of carbonyl (C=O) groups is 1. The van der Waals surface area contributed by atoms with E-state index in [1.807, 2.05) is 0 Å². The zero-order valence-electron chi connectivity index (χ0n) is 13.1. The van der Waals surface area contributed by atoms with Crippen molar-refractivity contribution < 1.29 is 14.3 Å². The van der Waals surface area contributed by atoms with Crippen LogP contribution in [0.4, 0.5) is 10.5 Å². The van der Waals surface area contributed by atoms with Gasteiger partial charge < -0.3 is 20.1 Å². The average Bonchev–Trinajstić information content (AvgIpc) is 3.04. The van der Waals surface area contributed by atoms with Crippen molar-refractivity contribution >= 4 is 11.7 Å². The van der Waals surface area contributed by atoms with Crippen LogP contribution in [0.5, 0.6) is 5.75 Å². The molecule has 1 aromatic rings. The summed E-state index contributed by atoms with van der Waals surface area (Å²) in [6.07, 6.45) is 9.75. The molecule has 122 valence electrons. The second kappa shape index (κ2) is 7.38. The molecule has 1 aromatic carbocycles. The van der Waals surface area contributed by atoms with Gasteiger partial charge in [-0.15, -0.1) is 6.42 Å². The molecule has 0 spiro atoms. The Morgan fingerprint density at radius 2 is 2.13 bits per heavy atom. The van der Waals surface area contributed by atoms with Crippen LogP contribution >= 0.6 is 0 Å². The molecule has 5 nitrogen and oxygen atoms in total. The van der Waals surface area contributed by atoms with E-state index in [9.17, 15) is 4.79 Å². The van der Waals surface area contributed by atoms with Crippen molar-refractivity contribution in [3.05, 3.63) is 24.3 Å². The van der Waals surface area contributed by atoms with Crippen LogP contribution in [0.1, 0.15) is 25.7 Å². The molecule has 2 aliphatic rings. The van der Waals surface area contributed by atoms with E-state index in [-0.39, 0.29) is 18.7 Å². The second-order valence-corrected chi connectivity index (χ2v) is 6.01. The fourth-order valence-electron chi connectivity index (χ4n) is 3.45. The lowest BCUT2D eigenvalue weighted by Crippen LogP contribution is -2.47. The standard InChI is InChI=1S/C18H22N2O3/c1-2-11-22-14-8-6-13(7-9-14)19-18(21)20-16-4-3-5-17-15(16)10-12-23-17/h1,6-9,15-17H,3-5,10-12H2,(H2,19,20,21)/t15-,16+,17+/m0/s1. The van der Waals surface area contributed by atoms with Crippen molar-refractivity contribution in [2.24, 2.45) is 5.92 Å². The number of fused-ring (bicyclic) bond motifs is 1. The summed E-state index contributed by atoms with van der Waals surface area (Å²) in [5, 5.41) is 5.97. The fourth-order valence-corrected chi connectivity index (χ4v) is 3.45. The number of terminal acetylenes is 1. The van der Waals surface area contributed by atoms with Gasteiger partial charge in [0.25, 0.3) is 0 Å². The summed E-state index contributed by atoms with van der Waals surface area (Å²) in [6.45, 7) is 1.05. The number of carbonyl (C=O) groups excluding carboxylic acids is 1. The van der Waals surface area contributed by atoms with Gasteiger partial charge in [0.2, 0.25) is 0 Å². The molecule has 1 aliphatic heterocycles. The molecule has 2 N–H and O–H groups in total. The van der Waals surface area contributed by atoms with Gasteiger partial charge in [-0.25, -0.2) is 4.79 Å². The lowest BCUT2D eigenvalue weighted by molar-refractivity contribution is 0.0553. The van der Waals surface area contributed by atoms with Crippen molar-refractivity contribution in [3.8, 4) is 18.1 Å². The van der Waals surface area contributed by atoms with E-state index < -0.39 is 0 Å². The van der Waals surface area contributed by atoms with Gasteiger partial charge in [-0.2, -0.15) is 0 Å². The zero-order chi connectivity index (χ0) is 16.1. The van der Waals surface area contributed by atoms with Gasteiger partial charge in [0.1, 0.15) is 12.4 Å². The minimum atomic E-state index is -0.167. The smallest absolute Gasteiger partial charge is 0.319 e. The Hall–Kier alpha value is -2.19. The van der Waals surface area contributed by atoms with Crippen LogP contribution in [0, 0.1) is 18.3 Å². The highest BCUT2D eigenvalue weighted by Gasteiger charge is 2.38. The Bertz CT molecular complexity index is 579. The maximum Gasteiger partial charge on any atom is 0.319 e. The molecule has 23 heavy (non-hydrogen) atoms. The third kappa shape index (κ3) is 3.96. The summed E-state index contributed by atoms with van der Waals surface area (Å²) in [5.74, 6) is 3.55. The minimum Gasteiger partial charge on any atom is -0.481 e. The molecule has 5 heteroatoms. The van der Waals surface area contributed by atoms with Gasteiger partial charge in [-0.05, 0) is 49.9 Å². The number of amides is 2. The number of rotatable bonds is 4. The van der Waals surface area contributed by atoms with E-state index in [2.05, 4.69) is 16.6 Å². The van der Waals surface area contributed by atoms with E-state index in [1.165, 1.54) is 0 Å². The van der Waals surface area contributed by atoms with Gasteiger partial charge in [-0.3, -0.25) is 0 Å². The van der Waals surface area contributed by atoms with Crippen molar-refractivity contribution in [1.29, 1.82) is 0 Å². The van der Waals surface area contributed by atoms with E-state index in [1.54, 1.807) is 24.3 Å². The van der Waals surface area contributed by atoms with Crippen LogP contribution in [-0.4, -0.2) is 31.4 Å². The van der Waals surface area contributed by atoms with Crippen molar-refractivity contribution in [3.63, 3.8) is 0 Å². The van der Waals surface area contributed by atoms with Crippen LogP contribution in [0.3, 0.4) is 0 Å².